The maximum atomic E-state index is 6.45. The third-order valence-electron chi connectivity index (χ3n) is 4.07. The predicted octanol–water partition coefficient (Wildman–Crippen LogP) is 3.27. The highest BCUT2D eigenvalue weighted by molar-refractivity contribution is 6.31. The quantitative estimate of drug-likeness (QED) is 0.801. The minimum atomic E-state index is 0.0928. The molecule has 1 aliphatic heterocycles. The number of ether oxygens (including phenoxy) is 2. The summed E-state index contributed by atoms with van der Waals surface area (Å²) in [6.45, 7) is 7.02. The van der Waals surface area contributed by atoms with Gasteiger partial charge in [-0.05, 0) is 46.0 Å². The van der Waals surface area contributed by atoms with Crippen molar-refractivity contribution in [2.24, 2.45) is 0 Å². The van der Waals surface area contributed by atoms with Crippen LogP contribution in [0.15, 0.2) is 12.1 Å². The number of likely N-dealkylation sites (N-methyl/N-ethyl adjacent to an activating group) is 1. The lowest BCUT2D eigenvalue weighted by Gasteiger charge is -2.21. The van der Waals surface area contributed by atoms with E-state index in [2.05, 4.69) is 23.9 Å². The van der Waals surface area contributed by atoms with Gasteiger partial charge >= 0.3 is 0 Å². The van der Waals surface area contributed by atoms with Crippen molar-refractivity contribution in [3.05, 3.63) is 22.7 Å². The molecule has 22 heavy (non-hydrogen) atoms. The molecule has 0 amide bonds. The van der Waals surface area contributed by atoms with Crippen LogP contribution in [0.2, 0.25) is 5.02 Å². The van der Waals surface area contributed by atoms with Crippen LogP contribution in [0.5, 0.6) is 11.5 Å². The Morgan fingerprint density at radius 1 is 1.32 bits per heavy atom. The zero-order valence-electron chi connectivity index (χ0n) is 14.2. The molecular formula is C17H27ClN2O2. The topological polar surface area (TPSA) is 24.9 Å². The Hall–Kier alpha value is -0.970. The molecule has 0 radical (unpaired) electrons. The number of hydrogen-bond acceptors (Lipinski definition) is 4. The molecule has 0 N–H and O–H groups in total. The molecule has 5 heteroatoms. The minimum absolute atomic E-state index is 0.0928. The molecule has 0 saturated carbocycles. The van der Waals surface area contributed by atoms with Gasteiger partial charge in [0.05, 0.1) is 13.2 Å². The molecule has 0 spiro atoms. The molecule has 124 valence electrons. The summed E-state index contributed by atoms with van der Waals surface area (Å²) in [6.07, 6.45) is 1.30. The first-order valence-corrected chi connectivity index (χ1v) is 8.20. The molecule has 1 atom stereocenters. The number of rotatable bonds is 6. The van der Waals surface area contributed by atoms with E-state index in [4.69, 9.17) is 21.1 Å². The highest BCUT2D eigenvalue weighted by Crippen LogP contribution is 2.35. The van der Waals surface area contributed by atoms with Gasteiger partial charge in [-0.15, -0.1) is 0 Å². The summed E-state index contributed by atoms with van der Waals surface area (Å²) >= 11 is 6.45. The van der Waals surface area contributed by atoms with E-state index in [1.165, 1.54) is 6.42 Å². The molecule has 1 aromatic rings. The van der Waals surface area contributed by atoms with E-state index in [1.807, 2.05) is 26.0 Å². The zero-order valence-corrected chi connectivity index (χ0v) is 15.0. The molecule has 0 bridgehead atoms. The molecule has 1 saturated heterocycles. The molecule has 0 aliphatic carbocycles. The minimum Gasteiger partial charge on any atom is -0.493 e. The number of nitrogens with zero attached hydrogens (tertiary/aromatic N) is 2. The molecule has 1 aromatic carbocycles. The van der Waals surface area contributed by atoms with Crippen molar-refractivity contribution in [3.8, 4) is 11.5 Å². The van der Waals surface area contributed by atoms with Crippen molar-refractivity contribution in [1.82, 2.24) is 9.80 Å². The number of halogens is 1. The van der Waals surface area contributed by atoms with E-state index in [0.717, 1.165) is 36.0 Å². The lowest BCUT2D eigenvalue weighted by molar-refractivity contribution is 0.229. The van der Waals surface area contributed by atoms with Crippen molar-refractivity contribution < 1.29 is 9.47 Å². The smallest absolute Gasteiger partial charge is 0.163 e. The van der Waals surface area contributed by atoms with Crippen molar-refractivity contribution in [1.29, 1.82) is 0 Å². The standard InChI is InChI=1S/C17H27ClN2O2/c1-12(2)22-17-9-15(18)13(8-16(17)21-5)10-20-7-6-14(11-20)19(3)4/h8-9,12,14H,6-7,10-11H2,1-5H3. The van der Waals surface area contributed by atoms with Gasteiger partial charge in [0.25, 0.3) is 0 Å². The van der Waals surface area contributed by atoms with Crippen LogP contribution in [0, 0.1) is 0 Å². The van der Waals surface area contributed by atoms with Crippen molar-refractivity contribution in [2.75, 3.05) is 34.3 Å². The first-order chi connectivity index (χ1) is 10.4. The summed E-state index contributed by atoms with van der Waals surface area (Å²) in [5, 5.41) is 0.741. The largest absolute Gasteiger partial charge is 0.493 e. The molecule has 2 rings (SSSR count). The van der Waals surface area contributed by atoms with Crippen LogP contribution in [0.3, 0.4) is 0 Å². The fourth-order valence-corrected chi connectivity index (χ4v) is 3.04. The summed E-state index contributed by atoms with van der Waals surface area (Å²) < 4.78 is 11.2. The van der Waals surface area contributed by atoms with Crippen LogP contribution in [0.25, 0.3) is 0 Å². The summed E-state index contributed by atoms with van der Waals surface area (Å²) in [5.41, 5.74) is 1.09. The zero-order chi connectivity index (χ0) is 16.3. The van der Waals surface area contributed by atoms with E-state index in [-0.39, 0.29) is 6.10 Å². The summed E-state index contributed by atoms with van der Waals surface area (Å²) in [5.74, 6) is 1.45. The van der Waals surface area contributed by atoms with Gasteiger partial charge in [0.1, 0.15) is 0 Å². The van der Waals surface area contributed by atoms with Gasteiger partial charge in [0, 0.05) is 36.8 Å². The Kier molecular flexibility index (Phi) is 5.95. The Labute approximate surface area is 138 Å². The number of methoxy groups -OCH3 is 1. The maximum Gasteiger partial charge on any atom is 0.163 e. The normalized spacial score (nSPS) is 19.2. The van der Waals surface area contributed by atoms with Gasteiger partial charge in [-0.3, -0.25) is 4.90 Å². The van der Waals surface area contributed by atoms with Crippen molar-refractivity contribution >= 4 is 11.6 Å². The lowest BCUT2D eigenvalue weighted by atomic mass is 10.2. The summed E-state index contributed by atoms with van der Waals surface area (Å²) in [4.78, 5) is 4.73. The monoisotopic (exact) mass is 326 g/mol. The highest BCUT2D eigenvalue weighted by Gasteiger charge is 2.24. The highest BCUT2D eigenvalue weighted by atomic mass is 35.5. The average molecular weight is 327 g/mol. The lowest BCUT2D eigenvalue weighted by Crippen LogP contribution is -2.31. The van der Waals surface area contributed by atoms with Crippen LogP contribution < -0.4 is 9.47 Å². The third kappa shape index (κ3) is 4.28. The second-order valence-electron chi connectivity index (χ2n) is 6.40. The number of hydrogen-bond donors (Lipinski definition) is 0. The number of benzene rings is 1. The first-order valence-electron chi connectivity index (χ1n) is 7.82. The Bertz CT molecular complexity index is 506. The second kappa shape index (κ2) is 7.53. The SMILES string of the molecule is COc1cc(CN2CCC(N(C)C)C2)c(Cl)cc1OC(C)C. The van der Waals surface area contributed by atoms with E-state index in [9.17, 15) is 0 Å². The maximum absolute atomic E-state index is 6.45. The second-order valence-corrected chi connectivity index (χ2v) is 6.81. The van der Waals surface area contributed by atoms with Crippen LogP contribution in [0.1, 0.15) is 25.8 Å². The summed E-state index contributed by atoms with van der Waals surface area (Å²) in [6, 6.07) is 4.50. The van der Waals surface area contributed by atoms with Crippen molar-refractivity contribution in [3.63, 3.8) is 0 Å². The van der Waals surface area contributed by atoms with Gasteiger partial charge in [-0.25, -0.2) is 0 Å². The van der Waals surface area contributed by atoms with Gasteiger partial charge < -0.3 is 14.4 Å². The Morgan fingerprint density at radius 2 is 2.05 bits per heavy atom. The van der Waals surface area contributed by atoms with Gasteiger partial charge in [-0.1, -0.05) is 11.6 Å². The van der Waals surface area contributed by atoms with Gasteiger partial charge in [0.2, 0.25) is 0 Å². The van der Waals surface area contributed by atoms with Crippen LogP contribution in [-0.4, -0.2) is 56.2 Å². The third-order valence-corrected chi connectivity index (χ3v) is 4.42. The molecule has 1 unspecified atom stereocenters. The average Bonchev–Trinajstić information content (AvgIpc) is 2.90. The molecule has 1 aliphatic rings. The summed E-state index contributed by atoms with van der Waals surface area (Å²) in [7, 11) is 5.95. The molecule has 1 heterocycles. The predicted molar refractivity (Wildman–Crippen MR) is 91.1 cm³/mol. The molecule has 0 aromatic heterocycles. The van der Waals surface area contributed by atoms with E-state index < -0.39 is 0 Å². The van der Waals surface area contributed by atoms with Gasteiger partial charge in [0.15, 0.2) is 11.5 Å². The fraction of sp³-hybridized carbons (Fsp3) is 0.647. The first kappa shape index (κ1) is 17.4. The molecule has 1 fully saturated rings. The van der Waals surface area contributed by atoms with E-state index in [1.54, 1.807) is 7.11 Å². The fourth-order valence-electron chi connectivity index (χ4n) is 2.82. The van der Waals surface area contributed by atoms with E-state index in [0.29, 0.717) is 11.8 Å². The van der Waals surface area contributed by atoms with Gasteiger partial charge in [-0.2, -0.15) is 0 Å². The Morgan fingerprint density at radius 3 is 2.59 bits per heavy atom. The van der Waals surface area contributed by atoms with Crippen molar-refractivity contribution in [2.45, 2.75) is 39.0 Å². The number of likely N-dealkylation sites (tertiary alicyclic amines) is 1. The molecular weight excluding hydrogens is 300 g/mol. The van der Waals surface area contributed by atoms with Crippen LogP contribution in [0.4, 0.5) is 0 Å². The van der Waals surface area contributed by atoms with Crippen LogP contribution in [-0.2, 0) is 6.54 Å². The Balaban J connectivity index is 2.11. The van der Waals surface area contributed by atoms with E-state index >= 15 is 0 Å². The van der Waals surface area contributed by atoms with Crippen LogP contribution >= 0.6 is 11.6 Å². The molecule has 4 nitrogen and oxygen atoms in total.